The molecule has 2 fully saturated rings. The van der Waals surface area contributed by atoms with E-state index in [1.165, 1.54) is 0 Å². The van der Waals surface area contributed by atoms with Crippen molar-refractivity contribution in [3.05, 3.63) is 35.5 Å². The molecule has 9 heteroatoms. The molecule has 0 amide bonds. The van der Waals surface area contributed by atoms with Gasteiger partial charge in [0, 0.05) is 57.0 Å². The maximum atomic E-state index is 6.16. The summed E-state index contributed by atoms with van der Waals surface area (Å²) in [6.07, 6.45) is 1.86. The van der Waals surface area contributed by atoms with Crippen molar-refractivity contribution in [3.63, 3.8) is 0 Å². The van der Waals surface area contributed by atoms with Gasteiger partial charge in [-0.15, -0.1) is 0 Å². The number of fused-ring (bicyclic) bond motifs is 1. The Bertz CT molecular complexity index is 1010. The second-order valence-corrected chi connectivity index (χ2v) is 7.84. The van der Waals surface area contributed by atoms with Gasteiger partial charge < -0.3 is 19.4 Å². The van der Waals surface area contributed by atoms with Gasteiger partial charge in [-0.1, -0.05) is 17.7 Å². The Kier molecular flexibility index (Phi) is 4.89. The van der Waals surface area contributed by atoms with Crippen LogP contribution in [0.1, 0.15) is 0 Å². The Balaban J connectivity index is 1.41. The Morgan fingerprint density at radius 2 is 1.69 bits per heavy atom. The first-order valence-corrected chi connectivity index (χ1v) is 10.3. The molecule has 2 saturated heterocycles. The van der Waals surface area contributed by atoms with E-state index in [0.29, 0.717) is 0 Å². The summed E-state index contributed by atoms with van der Waals surface area (Å²) in [6, 6.07) is 8.03. The molecule has 0 saturated carbocycles. The average molecular weight is 414 g/mol. The van der Waals surface area contributed by atoms with Crippen LogP contribution in [0.4, 0.5) is 17.5 Å². The molecule has 0 bridgehead atoms. The molecular formula is C20H24ClN7O. The number of morpholine rings is 1. The smallest absolute Gasteiger partial charge is 0.229 e. The van der Waals surface area contributed by atoms with Crippen molar-refractivity contribution in [2.24, 2.45) is 7.05 Å². The van der Waals surface area contributed by atoms with E-state index in [1.807, 2.05) is 36.1 Å². The second kappa shape index (κ2) is 7.68. The third-order valence-corrected chi connectivity index (χ3v) is 5.84. The highest BCUT2D eigenvalue weighted by Crippen LogP contribution is 2.28. The molecule has 0 spiro atoms. The van der Waals surface area contributed by atoms with Gasteiger partial charge in [0.1, 0.15) is 5.82 Å². The van der Waals surface area contributed by atoms with Crippen molar-refractivity contribution in [2.45, 2.75) is 0 Å². The Morgan fingerprint density at radius 1 is 0.931 bits per heavy atom. The van der Waals surface area contributed by atoms with E-state index >= 15 is 0 Å². The summed E-state index contributed by atoms with van der Waals surface area (Å²) < 4.78 is 7.34. The predicted octanol–water partition coefficient (Wildman–Crippen LogP) is 2.18. The van der Waals surface area contributed by atoms with Crippen LogP contribution in [0.5, 0.6) is 0 Å². The van der Waals surface area contributed by atoms with Crippen molar-refractivity contribution in [2.75, 3.05) is 67.2 Å². The standard InChI is InChI=1S/C20H24ClN7O/c1-25-18-17(14-22-25)19(27-9-11-29-12-10-27)24-20(23-18)28-7-5-26(6-8-28)16-4-2-3-15(21)13-16/h2-4,13-14H,5-12H2,1H3. The number of halogens is 1. The lowest BCUT2D eigenvalue weighted by Crippen LogP contribution is -2.47. The van der Waals surface area contributed by atoms with Gasteiger partial charge in [-0.05, 0) is 18.2 Å². The van der Waals surface area contributed by atoms with Crippen LogP contribution >= 0.6 is 11.6 Å². The first-order chi connectivity index (χ1) is 14.2. The largest absolute Gasteiger partial charge is 0.378 e. The number of hydrogen-bond donors (Lipinski definition) is 0. The lowest BCUT2D eigenvalue weighted by Gasteiger charge is -2.36. The zero-order valence-corrected chi connectivity index (χ0v) is 17.2. The minimum absolute atomic E-state index is 0.722. The van der Waals surface area contributed by atoms with Crippen LogP contribution in [0.2, 0.25) is 5.02 Å². The number of aryl methyl sites for hydroxylation is 1. The van der Waals surface area contributed by atoms with E-state index in [-0.39, 0.29) is 0 Å². The van der Waals surface area contributed by atoms with Gasteiger partial charge in [0.15, 0.2) is 5.65 Å². The highest BCUT2D eigenvalue weighted by atomic mass is 35.5. The van der Waals surface area contributed by atoms with Gasteiger partial charge in [-0.25, -0.2) is 0 Å². The molecule has 0 N–H and O–H groups in total. The van der Waals surface area contributed by atoms with Crippen molar-refractivity contribution in [1.82, 2.24) is 19.7 Å². The highest BCUT2D eigenvalue weighted by Gasteiger charge is 2.24. The first-order valence-electron chi connectivity index (χ1n) is 9.97. The number of ether oxygens (including phenoxy) is 1. The van der Waals surface area contributed by atoms with E-state index in [9.17, 15) is 0 Å². The molecule has 3 aromatic rings. The maximum absolute atomic E-state index is 6.16. The molecule has 0 radical (unpaired) electrons. The van der Waals surface area contributed by atoms with Gasteiger partial charge >= 0.3 is 0 Å². The zero-order chi connectivity index (χ0) is 19.8. The summed E-state index contributed by atoms with van der Waals surface area (Å²) in [7, 11) is 1.93. The van der Waals surface area contributed by atoms with Crippen LogP contribution in [0.3, 0.4) is 0 Å². The highest BCUT2D eigenvalue weighted by molar-refractivity contribution is 6.30. The maximum Gasteiger partial charge on any atom is 0.229 e. The fraction of sp³-hybridized carbons (Fsp3) is 0.450. The minimum Gasteiger partial charge on any atom is -0.378 e. The van der Waals surface area contributed by atoms with Crippen molar-refractivity contribution >= 4 is 40.1 Å². The molecule has 8 nitrogen and oxygen atoms in total. The Morgan fingerprint density at radius 3 is 2.45 bits per heavy atom. The summed E-state index contributed by atoms with van der Waals surface area (Å²) in [4.78, 5) is 16.7. The molecule has 2 aliphatic rings. The van der Waals surface area contributed by atoms with Crippen LogP contribution in [0, 0.1) is 0 Å². The summed E-state index contributed by atoms with van der Waals surface area (Å²) in [5, 5.41) is 6.18. The number of anilines is 3. The molecule has 5 rings (SSSR count). The van der Waals surface area contributed by atoms with Gasteiger partial charge in [-0.2, -0.15) is 15.1 Å². The molecular weight excluding hydrogens is 390 g/mol. The van der Waals surface area contributed by atoms with Crippen LogP contribution in [-0.2, 0) is 11.8 Å². The van der Waals surface area contributed by atoms with E-state index in [4.69, 9.17) is 26.3 Å². The molecule has 2 aromatic heterocycles. The summed E-state index contributed by atoms with van der Waals surface area (Å²) in [6.45, 7) is 6.64. The van der Waals surface area contributed by atoms with Crippen LogP contribution < -0.4 is 14.7 Å². The average Bonchev–Trinajstić information content (AvgIpc) is 3.15. The predicted molar refractivity (Wildman–Crippen MR) is 115 cm³/mol. The zero-order valence-electron chi connectivity index (χ0n) is 16.5. The molecule has 152 valence electrons. The topological polar surface area (TPSA) is 62.6 Å². The van der Waals surface area contributed by atoms with Gasteiger partial charge in [0.05, 0.1) is 24.8 Å². The number of nitrogens with zero attached hydrogens (tertiary/aromatic N) is 7. The third-order valence-electron chi connectivity index (χ3n) is 5.61. The fourth-order valence-electron chi connectivity index (χ4n) is 3.99. The second-order valence-electron chi connectivity index (χ2n) is 7.41. The molecule has 4 heterocycles. The number of hydrogen-bond acceptors (Lipinski definition) is 7. The van der Waals surface area contributed by atoms with Gasteiger partial charge in [0.2, 0.25) is 5.95 Å². The quantitative estimate of drug-likeness (QED) is 0.652. The minimum atomic E-state index is 0.722. The van der Waals surface area contributed by atoms with Crippen LogP contribution in [-0.4, -0.2) is 72.2 Å². The monoisotopic (exact) mass is 413 g/mol. The molecule has 29 heavy (non-hydrogen) atoms. The number of rotatable bonds is 3. The summed E-state index contributed by atoms with van der Waals surface area (Å²) >= 11 is 6.16. The number of aromatic nitrogens is 4. The summed E-state index contributed by atoms with van der Waals surface area (Å²) in [5.41, 5.74) is 2.03. The van der Waals surface area contributed by atoms with Gasteiger partial charge in [-0.3, -0.25) is 4.68 Å². The molecule has 0 unspecified atom stereocenters. The third kappa shape index (κ3) is 3.58. The number of benzene rings is 1. The normalized spacial score (nSPS) is 17.9. The lowest BCUT2D eigenvalue weighted by molar-refractivity contribution is 0.122. The van der Waals surface area contributed by atoms with E-state index in [0.717, 1.165) is 86.0 Å². The van der Waals surface area contributed by atoms with Crippen LogP contribution in [0.15, 0.2) is 30.5 Å². The van der Waals surface area contributed by atoms with E-state index in [1.54, 1.807) is 0 Å². The SMILES string of the molecule is Cn1ncc2c(N3CCOCC3)nc(N3CCN(c4cccc(Cl)c4)CC3)nc21. The van der Waals surface area contributed by atoms with Crippen LogP contribution in [0.25, 0.3) is 11.0 Å². The van der Waals surface area contributed by atoms with Crippen molar-refractivity contribution < 1.29 is 4.74 Å². The van der Waals surface area contributed by atoms with E-state index < -0.39 is 0 Å². The first kappa shape index (κ1) is 18.4. The molecule has 0 atom stereocenters. The Hall–Kier alpha value is -2.58. The molecule has 0 aliphatic carbocycles. The Labute approximate surface area is 174 Å². The van der Waals surface area contributed by atoms with E-state index in [2.05, 4.69) is 25.9 Å². The van der Waals surface area contributed by atoms with Crippen molar-refractivity contribution in [1.29, 1.82) is 0 Å². The summed E-state index contributed by atoms with van der Waals surface area (Å²) in [5.74, 6) is 1.73. The number of piperazine rings is 1. The molecule has 2 aliphatic heterocycles. The van der Waals surface area contributed by atoms with Gasteiger partial charge in [0.25, 0.3) is 0 Å². The lowest BCUT2D eigenvalue weighted by atomic mass is 10.2. The molecule has 1 aromatic carbocycles. The fourth-order valence-corrected chi connectivity index (χ4v) is 4.18. The van der Waals surface area contributed by atoms with Crippen molar-refractivity contribution in [3.8, 4) is 0 Å².